The number of nitrogens with two attached hydrogens (primary N) is 1. The summed E-state index contributed by atoms with van der Waals surface area (Å²) in [5.74, 6) is 1.55. The van der Waals surface area contributed by atoms with E-state index in [1.165, 1.54) is 0 Å². The van der Waals surface area contributed by atoms with E-state index in [0.29, 0.717) is 13.2 Å². The smallest absolute Gasteiger partial charge is 0.163 e. The van der Waals surface area contributed by atoms with Gasteiger partial charge >= 0.3 is 0 Å². The number of benzene rings is 1. The molecule has 1 aromatic rings. The SMILES string of the molecule is CCOc1ccc(NCC(N)CC)cc1OCC. The third-order valence-corrected chi connectivity index (χ3v) is 2.64. The van der Waals surface area contributed by atoms with Crippen molar-refractivity contribution in [1.82, 2.24) is 0 Å². The largest absolute Gasteiger partial charge is 0.490 e. The molecule has 0 aliphatic carbocycles. The van der Waals surface area contributed by atoms with E-state index in [4.69, 9.17) is 15.2 Å². The summed E-state index contributed by atoms with van der Waals surface area (Å²) >= 11 is 0. The summed E-state index contributed by atoms with van der Waals surface area (Å²) in [6, 6.07) is 6.04. The molecule has 0 amide bonds. The Morgan fingerprint density at radius 2 is 1.78 bits per heavy atom. The van der Waals surface area contributed by atoms with Crippen LogP contribution in [0.4, 0.5) is 5.69 Å². The predicted octanol–water partition coefficient (Wildman–Crippen LogP) is 2.63. The summed E-state index contributed by atoms with van der Waals surface area (Å²) in [6.45, 7) is 8.02. The molecule has 0 fully saturated rings. The standard InChI is InChI=1S/C14H24N2O2/c1-4-11(15)10-16-12-7-8-13(17-5-2)14(9-12)18-6-3/h7-9,11,16H,4-6,10,15H2,1-3H3. The number of hydrogen-bond acceptors (Lipinski definition) is 4. The molecule has 0 saturated heterocycles. The lowest BCUT2D eigenvalue weighted by atomic mass is 10.2. The predicted molar refractivity (Wildman–Crippen MR) is 75.5 cm³/mol. The minimum Gasteiger partial charge on any atom is -0.490 e. The lowest BCUT2D eigenvalue weighted by Gasteiger charge is -2.15. The van der Waals surface area contributed by atoms with Crippen molar-refractivity contribution < 1.29 is 9.47 Å². The van der Waals surface area contributed by atoms with Crippen LogP contribution in [0.1, 0.15) is 27.2 Å². The molecule has 1 rings (SSSR count). The van der Waals surface area contributed by atoms with Crippen molar-refractivity contribution >= 4 is 5.69 Å². The fraction of sp³-hybridized carbons (Fsp3) is 0.571. The Balaban J connectivity index is 2.72. The van der Waals surface area contributed by atoms with Crippen LogP contribution in [-0.2, 0) is 0 Å². The van der Waals surface area contributed by atoms with E-state index in [1.54, 1.807) is 0 Å². The van der Waals surface area contributed by atoms with E-state index in [1.807, 2.05) is 32.0 Å². The molecule has 102 valence electrons. The van der Waals surface area contributed by atoms with E-state index in [2.05, 4.69) is 12.2 Å². The van der Waals surface area contributed by atoms with Gasteiger partial charge in [0.05, 0.1) is 13.2 Å². The summed E-state index contributed by atoms with van der Waals surface area (Å²) < 4.78 is 11.1. The van der Waals surface area contributed by atoms with Crippen molar-refractivity contribution in [2.24, 2.45) is 5.73 Å². The quantitative estimate of drug-likeness (QED) is 0.746. The zero-order chi connectivity index (χ0) is 13.4. The van der Waals surface area contributed by atoms with Crippen molar-refractivity contribution in [2.75, 3.05) is 25.1 Å². The second-order valence-electron chi connectivity index (χ2n) is 4.08. The molecular weight excluding hydrogens is 228 g/mol. The van der Waals surface area contributed by atoms with Gasteiger partial charge in [-0.05, 0) is 32.4 Å². The van der Waals surface area contributed by atoms with Crippen molar-refractivity contribution in [3.63, 3.8) is 0 Å². The number of ether oxygens (including phenoxy) is 2. The summed E-state index contributed by atoms with van der Waals surface area (Å²) in [5.41, 5.74) is 6.88. The van der Waals surface area contributed by atoms with Gasteiger partial charge in [-0.1, -0.05) is 6.92 Å². The molecule has 0 saturated carbocycles. The molecule has 1 aromatic carbocycles. The molecule has 0 aliphatic rings. The maximum absolute atomic E-state index is 5.88. The Bertz CT molecular complexity index is 356. The summed E-state index contributed by atoms with van der Waals surface area (Å²) in [5, 5.41) is 3.30. The number of nitrogens with one attached hydrogen (secondary N) is 1. The van der Waals surface area contributed by atoms with Gasteiger partial charge in [0.1, 0.15) is 0 Å². The molecule has 18 heavy (non-hydrogen) atoms. The zero-order valence-electron chi connectivity index (χ0n) is 11.5. The second kappa shape index (κ2) is 7.82. The minimum absolute atomic E-state index is 0.173. The van der Waals surface area contributed by atoms with Crippen LogP contribution in [-0.4, -0.2) is 25.8 Å². The molecule has 0 aromatic heterocycles. The van der Waals surface area contributed by atoms with E-state index < -0.39 is 0 Å². The first kappa shape index (κ1) is 14.6. The number of hydrogen-bond donors (Lipinski definition) is 2. The molecular formula is C14H24N2O2. The number of anilines is 1. The third kappa shape index (κ3) is 4.45. The van der Waals surface area contributed by atoms with Crippen molar-refractivity contribution in [2.45, 2.75) is 33.2 Å². The second-order valence-corrected chi connectivity index (χ2v) is 4.08. The number of rotatable bonds is 8. The molecule has 4 heteroatoms. The van der Waals surface area contributed by atoms with Gasteiger partial charge in [-0.25, -0.2) is 0 Å². The van der Waals surface area contributed by atoms with Gasteiger partial charge in [0.2, 0.25) is 0 Å². The Labute approximate surface area is 109 Å². The lowest BCUT2D eigenvalue weighted by Crippen LogP contribution is -2.27. The Morgan fingerprint density at radius 1 is 1.11 bits per heavy atom. The highest BCUT2D eigenvalue weighted by molar-refractivity contribution is 5.54. The van der Waals surface area contributed by atoms with Crippen molar-refractivity contribution in [1.29, 1.82) is 0 Å². The van der Waals surface area contributed by atoms with E-state index in [0.717, 1.165) is 30.2 Å². The summed E-state index contributed by atoms with van der Waals surface area (Å²) in [7, 11) is 0. The minimum atomic E-state index is 0.173. The van der Waals surface area contributed by atoms with Crippen LogP contribution in [0.5, 0.6) is 11.5 Å². The molecule has 0 bridgehead atoms. The van der Waals surface area contributed by atoms with Crippen LogP contribution in [0.25, 0.3) is 0 Å². The normalized spacial score (nSPS) is 12.0. The maximum atomic E-state index is 5.88. The molecule has 0 heterocycles. The molecule has 0 spiro atoms. The first-order valence-corrected chi connectivity index (χ1v) is 6.60. The molecule has 4 nitrogen and oxygen atoms in total. The first-order valence-electron chi connectivity index (χ1n) is 6.60. The first-order chi connectivity index (χ1) is 8.71. The highest BCUT2D eigenvalue weighted by atomic mass is 16.5. The van der Waals surface area contributed by atoms with Crippen molar-refractivity contribution in [3.05, 3.63) is 18.2 Å². The van der Waals surface area contributed by atoms with Crippen LogP contribution in [0.15, 0.2) is 18.2 Å². The molecule has 0 radical (unpaired) electrons. The van der Waals surface area contributed by atoms with Crippen LogP contribution in [0.3, 0.4) is 0 Å². The average Bonchev–Trinajstić information content (AvgIpc) is 2.39. The Hall–Kier alpha value is -1.42. The lowest BCUT2D eigenvalue weighted by molar-refractivity contribution is 0.288. The highest BCUT2D eigenvalue weighted by Crippen LogP contribution is 2.30. The van der Waals surface area contributed by atoms with Gasteiger partial charge in [0.25, 0.3) is 0 Å². The monoisotopic (exact) mass is 252 g/mol. The van der Waals surface area contributed by atoms with Gasteiger partial charge < -0.3 is 20.5 Å². The van der Waals surface area contributed by atoms with Crippen LogP contribution in [0, 0.1) is 0 Å². The van der Waals surface area contributed by atoms with Gasteiger partial charge in [0, 0.05) is 24.3 Å². The van der Waals surface area contributed by atoms with Gasteiger partial charge in [0.15, 0.2) is 11.5 Å². The average molecular weight is 252 g/mol. The molecule has 0 aliphatic heterocycles. The summed E-state index contributed by atoms with van der Waals surface area (Å²) in [4.78, 5) is 0. The zero-order valence-corrected chi connectivity index (χ0v) is 11.5. The van der Waals surface area contributed by atoms with Gasteiger partial charge in [-0.15, -0.1) is 0 Å². The van der Waals surface area contributed by atoms with Crippen LogP contribution < -0.4 is 20.5 Å². The molecule has 1 atom stereocenters. The van der Waals surface area contributed by atoms with Gasteiger partial charge in [-0.3, -0.25) is 0 Å². The van der Waals surface area contributed by atoms with Gasteiger partial charge in [-0.2, -0.15) is 0 Å². The fourth-order valence-electron chi connectivity index (χ4n) is 1.55. The molecule has 3 N–H and O–H groups in total. The highest BCUT2D eigenvalue weighted by Gasteiger charge is 2.06. The van der Waals surface area contributed by atoms with E-state index in [-0.39, 0.29) is 6.04 Å². The van der Waals surface area contributed by atoms with E-state index in [9.17, 15) is 0 Å². The third-order valence-electron chi connectivity index (χ3n) is 2.64. The maximum Gasteiger partial charge on any atom is 0.163 e. The van der Waals surface area contributed by atoms with Crippen LogP contribution in [0.2, 0.25) is 0 Å². The van der Waals surface area contributed by atoms with Crippen molar-refractivity contribution in [3.8, 4) is 11.5 Å². The van der Waals surface area contributed by atoms with E-state index >= 15 is 0 Å². The fourth-order valence-corrected chi connectivity index (χ4v) is 1.55. The Morgan fingerprint density at radius 3 is 2.39 bits per heavy atom. The summed E-state index contributed by atoms with van der Waals surface area (Å²) in [6.07, 6.45) is 0.961. The topological polar surface area (TPSA) is 56.5 Å². The van der Waals surface area contributed by atoms with Crippen LogP contribution >= 0.6 is 0 Å². The molecule has 1 unspecified atom stereocenters. The Kier molecular flexibility index (Phi) is 6.36.